The molecule has 0 saturated heterocycles. The Morgan fingerprint density at radius 3 is 2.71 bits per heavy atom. The molecule has 17 heavy (non-hydrogen) atoms. The maximum absolute atomic E-state index is 11.9. The van der Waals surface area contributed by atoms with Crippen molar-refractivity contribution in [3.63, 3.8) is 0 Å². The van der Waals surface area contributed by atoms with Crippen LogP contribution in [0.1, 0.15) is 28.4 Å². The summed E-state index contributed by atoms with van der Waals surface area (Å²) < 4.78 is 0. The van der Waals surface area contributed by atoms with Gasteiger partial charge in [0.25, 0.3) is 5.91 Å². The number of hydrogen-bond donors (Lipinski definition) is 2. The van der Waals surface area contributed by atoms with Crippen LogP contribution in [0, 0.1) is 19.8 Å². The average Bonchev–Trinajstić information content (AvgIpc) is 2.29. The molecule has 1 aromatic carbocycles. The SMILES string of the molecule is Cc1cccc(C(=O)NCC(C)C(N)=S)c1C. The van der Waals surface area contributed by atoms with E-state index in [1.165, 1.54) is 0 Å². The number of carbonyl (C=O) groups is 1. The van der Waals surface area contributed by atoms with E-state index in [9.17, 15) is 4.79 Å². The first kappa shape index (κ1) is 13.6. The summed E-state index contributed by atoms with van der Waals surface area (Å²) in [5, 5.41) is 2.84. The Morgan fingerprint density at radius 2 is 2.12 bits per heavy atom. The molecular formula is C13H18N2OS. The number of amides is 1. The number of thiocarbonyl (C=S) groups is 1. The first-order valence-corrected chi connectivity index (χ1v) is 5.98. The Balaban J connectivity index is 2.71. The smallest absolute Gasteiger partial charge is 0.251 e. The topological polar surface area (TPSA) is 55.1 Å². The Kier molecular flexibility index (Phi) is 4.63. The van der Waals surface area contributed by atoms with E-state index >= 15 is 0 Å². The molecule has 0 heterocycles. The van der Waals surface area contributed by atoms with Crippen LogP contribution in [0.5, 0.6) is 0 Å². The van der Waals surface area contributed by atoms with Crippen LogP contribution < -0.4 is 11.1 Å². The van der Waals surface area contributed by atoms with Gasteiger partial charge in [-0.15, -0.1) is 0 Å². The molecule has 0 aromatic heterocycles. The average molecular weight is 250 g/mol. The standard InChI is InChI=1S/C13H18N2OS/c1-8-5-4-6-11(10(8)3)13(16)15-7-9(2)12(14)17/h4-6,9H,7H2,1-3H3,(H2,14,17)(H,15,16). The second kappa shape index (κ2) is 5.77. The minimum atomic E-state index is -0.0747. The van der Waals surface area contributed by atoms with Gasteiger partial charge in [-0.3, -0.25) is 4.79 Å². The zero-order chi connectivity index (χ0) is 13.0. The van der Waals surface area contributed by atoms with E-state index in [2.05, 4.69) is 5.32 Å². The van der Waals surface area contributed by atoms with Crippen LogP contribution >= 0.6 is 12.2 Å². The number of carbonyl (C=O) groups excluding carboxylic acids is 1. The van der Waals surface area contributed by atoms with Gasteiger partial charge in [-0.1, -0.05) is 31.3 Å². The molecule has 92 valence electrons. The zero-order valence-electron chi connectivity index (χ0n) is 10.4. The van der Waals surface area contributed by atoms with E-state index in [0.29, 0.717) is 17.1 Å². The van der Waals surface area contributed by atoms with Crippen molar-refractivity contribution < 1.29 is 4.79 Å². The van der Waals surface area contributed by atoms with Crippen molar-refractivity contribution in [2.45, 2.75) is 20.8 Å². The van der Waals surface area contributed by atoms with Crippen molar-refractivity contribution in [3.05, 3.63) is 34.9 Å². The predicted molar refractivity (Wildman–Crippen MR) is 74.2 cm³/mol. The lowest BCUT2D eigenvalue weighted by Crippen LogP contribution is -2.34. The summed E-state index contributed by atoms with van der Waals surface area (Å²) in [5.74, 6) is -0.0617. The summed E-state index contributed by atoms with van der Waals surface area (Å²) in [6.45, 7) is 6.30. The second-order valence-electron chi connectivity index (χ2n) is 4.26. The highest BCUT2D eigenvalue weighted by atomic mass is 32.1. The zero-order valence-corrected chi connectivity index (χ0v) is 11.2. The van der Waals surface area contributed by atoms with E-state index in [1.54, 1.807) is 0 Å². The van der Waals surface area contributed by atoms with Gasteiger partial charge in [0.2, 0.25) is 0 Å². The van der Waals surface area contributed by atoms with Crippen LogP contribution in [0.4, 0.5) is 0 Å². The third-order valence-corrected chi connectivity index (χ3v) is 3.31. The molecule has 1 aromatic rings. The van der Waals surface area contributed by atoms with Crippen LogP contribution in [0.3, 0.4) is 0 Å². The van der Waals surface area contributed by atoms with Gasteiger partial charge in [-0.2, -0.15) is 0 Å². The number of nitrogens with two attached hydrogens (primary N) is 1. The van der Waals surface area contributed by atoms with Crippen LogP contribution in [0.25, 0.3) is 0 Å². The van der Waals surface area contributed by atoms with Crippen molar-refractivity contribution in [2.75, 3.05) is 6.54 Å². The molecule has 1 rings (SSSR count). The third kappa shape index (κ3) is 3.53. The van der Waals surface area contributed by atoms with E-state index in [1.807, 2.05) is 39.0 Å². The number of hydrogen-bond acceptors (Lipinski definition) is 2. The summed E-state index contributed by atoms with van der Waals surface area (Å²) in [6.07, 6.45) is 0. The number of rotatable bonds is 4. The van der Waals surface area contributed by atoms with E-state index in [4.69, 9.17) is 18.0 Å². The van der Waals surface area contributed by atoms with E-state index < -0.39 is 0 Å². The Morgan fingerprint density at radius 1 is 1.47 bits per heavy atom. The Hall–Kier alpha value is -1.42. The van der Waals surface area contributed by atoms with Gasteiger partial charge in [0.1, 0.15) is 0 Å². The maximum Gasteiger partial charge on any atom is 0.251 e. The minimum Gasteiger partial charge on any atom is -0.393 e. The van der Waals surface area contributed by atoms with Gasteiger partial charge in [0, 0.05) is 18.0 Å². The minimum absolute atomic E-state index is 0.0130. The second-order valence-corrected chi connectivity index (χ2v) is 4.73. The highest BCUT2D eigenvalue weighted by Crippen LogP contribution is 2.12. The fourth-order valence-corrected chi connectivity index (χ4v) is 1.52. The van der Waals surface area contributed by atoms with Crippen LogP contribution in [-0.2, 0) is 0 Å². The van der Waals surface area contributed by atoms with Crippen LogP contribution in [-0.4, -0.2) is 17.4 Å². The van der Waals surface area contributed by atoms with Crippen molar-refractivity contribution >= 4 is 23.1 Å². The molecule has 3 nitrogen and oxygen atoms in total. The predicted octanol–water partition coefficient (Wildman–Crippen LogP) is 1.96. The molecule has 0 radical (unpaired) electrons. The lowest BCUT2D eigenvalue weighted by Gasteiger charge is -2.12. The molecule has 0 fully saturated rings. The summed E-state index contributed by atoms with van der Waals surface area (Å²) in [7, 11) is 0. The summed E-state index contributed by atoms with van der Waals surface area (Å²) in [6, 6.07) is 5.70. The molecule has 1 unspecified atom stereocenters. The molecule has 3 N–H and O–H groups in total. The largest absolute Gasteiger partial charge is 0.393 e. The van der Waals surface area contributed by atoms with E-state index in [0.717, 1.165) is 11.1 Å². The molecule has 0 bridgehead atoms. The lowest BCUT2D eigenvalue weighted by molar-refractivity contribution is 0.0950. The van der Waals surface area contributed by atoms with Crippen LogP contribution in [0.15, 0.2) is 18.2 Å². The molecule has 0 saturated carbocycles. The molecule has 0 spiro atoms. The van der Waals surface area contributed by atoms with E-state index in [-0.39, 0.29) is 11.8 Å². The number of aryl methyl sites for hydroxylation is 1. The molecule has 1 atom stereocenters. The molecule has 0 aliphatic heterocycles. The van der Waals surface area contributed by atoms with Gasteiger partial charge in [-0.25, -0.2) is 0 Å². The normalized spacial score (nSPS) is 11.9. The fourth-order valence-electron chi connectivity index (χ4n) is 1.44. The molecule has 4 heteroatoms. The molecule has 0 aliphatic rings. The van der Waals surface area contributed by atoms with Gasteiger partial charge < -0.3 is 11.1 Å². The molecular weight excluding hydrogens is 232 g/mol. The van der Waals surface area contributed by atoms with Crippen molar-refractivity contribution in [1.82, 2.24) is 5.32 Å². The van der Waals surface area contributed by atoms with Gasteiger partial charge in [0.15, 0.2) is 0 Å². The van der Waals surface area contributed by atoms with Crippen molar-refractivity contribution in [2.24, 2.45) is 11.7 Å². The van der Waals surface area contributed by atoms with Gasteiger partial charge in [0.05, 0.1) is 4.99 Å². The first-order chi connectivity index (χ1) is 7.93. The summed E-state index contributed by atoms with van der Waals surface area (Å²) in [4.78, 5) is 12.4. The molecule has 1 amide bonds. The lowest BCUT2D eigenvalue weighted by atomic mass is 10.0. The third-order valence-electron chi connectivity index (χ3n) is 2.90. The Labute approximate surface area is 107 Å². The van der Waals surface area contributed by atoms with Gasteiger partial charge >= 0.3 is 0 Å². The van der Waals surface area contributed by atoms with Gasteiger partial charge in [-0.05, 0) is 31.0 Å². The molecule has 0 aliphatic carbocycles. The highest BCUT2D eigenvalue weighted by molar-refractivity contribution is 7.80. The maximum atomic E-state index is 11.9. The monoisotopic (exact) mass is 250 g/mol. The Bertz CT molecular complexity index is 443. The first-order valence-electron chi connectivity index (χ1n) is 5.57. The number of nitrogens with one attached hydrogen (secondary N) is 1. The van der Waals surface area contributed by atoms with Crippen molar-refractivity contribution in [3.8, 4) is 0 Å². The fraction of sp³-hybridized carbons (Fsp3) is 0.385. The van der Waals surface area contributed by atoms with Crippen molar-refractivity contribution in [1.29, 1.82) is 0 Å². The van der Waals surface area contributed by atoms with Crippen LogP contribution in [0.2, 0.25) is 0 Å². The highest BCUT2D eigenvalue weighted by Gasteiger charge is 2.12. The number of benzene rings is 1. The summed E-state index contributed by atoms with van der Waals surface area (Å²) in [5.41, 5.74) is 8.32. The summed E-state index contributed by atoms with van der Waals surface area (Å²) >= 11 is 4.86. The quantitative estimate of drug-likeness (QED) is 0.803.